The van der Waals surface area contributed by atoms with E-state index in [0.717, 1.165) is 12.5 Å². The first-order chi connectivity index (χ1) is 16.0. The van der Waals surface area contributed by atoms with E-state index in [1.807, 2.05) is 0 Å². The molecule has 0 spiro atoms. The number of methoxy groups -OCH3 is 1. The summed E-state index contributed by atoms with van der Waals surface area (Å²) in [5, 5.41) is 0. The van der Waals surface area contributed by atoms with Gasteiger partial charge in [0.05, 0.1) is 25.2 Å². The Hall–Kier alpha value is -3.01. The highest BCUT2D eigenvalue weighted by Gasteiger charge is 2.26. The van der Waals surface area contributed by atoms with Crippen molar-refractivity contribution in [1.82, 2.24) is 9.29 Å². The van der Waals surface area contributed by atoms with Crippen LogP contribution in [0, 0.1) is 5.82 Å². The highest BCUT2D eigenvalue weighted by atomic mass is 32.2. The SMILES string of the molecule is COc1cc(CN(Cc2cccnc2)S(=O)(=O)c2cccc(F)c2)ccc1OC1CCOC1. The fraction of sp³-hybridized carbons (Fsp3) is 0.292. The van der Waals surface area contributed by atoms with Crippen molar-refractivity contribution in [1.29, 1.82) is 0 Å². The summed E-state index contributed by atoms with van der Waals surface area (Å²) in [5.74, 6) is 0.462. The van der Waals surface area contributed by atoms with Crippen LogP contribution in [-0.2, 0) is 27.8 Å². The predicted molar refractivity (Wildman–Crippen MR) is 120 cm³/mol. The third-order valence-electron chi connectivity index (χ3n) is 5.28. The van der Waals surface area contributed by atoms with E-state index in [-0.39, 0.29) is 24.1 Å². The minimum Gasteiger partial charge on any atom is -0.493 e. The second-order valence-electron chi connectivity index (χ2n) is 7.68. The van der Waals surface area contributed by atoms with Crippen LogP contribution in [-0.4, -0.2) is 44.1 Å². The number of halogens is 1. The van der Waals surface area contributed by atoms with Crippen LogP contribution < -0.4 is 9.47 Å². The van der Waals surface area contributed by atoms with Gasteiger partial charge in [0.2, 0.25) is 10.0 Å². The molecule has 2 heterocycles. The van der Waals surface area contributed by atoms with Crippen LogP contribution in [0.1, 0.15) is 17.5 Å². The minimum absolute atomic E-state index is 0.0415. The minimum atomic E-state index is -3.99. The average Bonchev–Trinajstić information content (AvgIpc) is 3.33. The lowest BCUT2D eigenvalue weighted by atomic mass is 10.2. The van der Waals surface area contributed by atoms with Gasteiger partial charge >= 0.3 is 0 Å². The summed E-state index contributed by atoms with van der Waals surface area (Å²) in [6, 6.07) is 13.8. The monoisotopic (exact) mass is 472 g/mol. The number of hydrogen-bond donors (Lipinski definition) is 0. The lowest BCUT2D eigenvalue weighted by molar-refractivity contribution is 0.138. The van der Waals surface area contributed by atoms with Gasteiger partial charge in [-0.1, -0.05) is 18.2 Å². The van der Waals surface area contributed by atoms with E-state index in [1.165, 1.54) is 29.6 Å². The van der Waals surface area contributed by atoms with E-state index < -0.39 is 15.8 Å². The molecule has 4 rings (SSSR count). The van der Waals surface area contributed by atoms with Gasteiger partial charge in [-0.2, -0.15) is 4.31 Å². The zero-order chi connectivity index (χ0) is 23.3. The Morgan fingerprint density at radius 2 is 1.94 bits per heavy atom. The maximum absolute atomic E-state index is 13.8. The number of pyridine rings is 1. The first-order valence-corrected chi connectivity index (χ1v) is 12.0. The Balaban J connectivity index is 1.63. The lowest BCUT2D eigenvalue weighted by Gasteiger charge is -2.23. The van der Waals surface area contributed by atoms with Gasteiger partial charge in [-0.25, -0.2) is 12.8 Å². The summed E-state index contributed by atoms with van der Waals surface area (Å²) >= 11 is 0. The smallest absolute Gasteiger partial charge is 0.243 e. The number of aromatic nitrogens is 1. The van der Waals surface area contributed by atoms with Crippen molar-refractivity contribution in [3.05, 3.63) is 83.9 Å². The van der Waals surface area contributed by atoms with Crippen LogP contribution in [0.25, 0.3) is 0 Å². The Kier molecular flexibility index (Phi) is 7.22. The van der Waals surface area contributed by atoms with Crippen molar-refractivity contribution in [3.8, 4) is 11.5 Å². The first kappa shape index (κ1) is 23.2. The number of nitrogens with zero attached hydrogens (tertiary/aromatic N) is 2. The molecule has 1 atom stereocenters. The van der Waals surface area contributed by atoms with Crippen LogP contribution in [0.3, 0.4) is 0 Å². The molecule has 174 valence electrons. The average molecular weight is 473 g/mol. The molecule has 1 aliphatic rings. The fourth-order valence-corrected chi connectivity index (χ4v) is 5.04. The van der Waals surface area contributed by atoms with E-state index in [1.54, 1.807) is 42.7 Å². The molecule has 0 aliphatic carbocycles. The topological polar surface area (TPSA) is 78.0 Å². The number of ether oxygens (including phenoxy) is 3. The second-order valence-corrected chi connectivity index (χ2v) is 9.62. The molecule has 0 amide bonds. The fourth-order valence-electron chi connectivity index (χ4n) is 3.59. The van der Waals surface area contributed by atoms with Crippen LogP contribution >= 0.6 is 0 Å². The highest BCUT2D eigenvalue weighted by Crippen LogP contribution is 2.31. The van der Waals surface area contributed by atoms with Crippen molar-refractivity contribution in [2.75, 3.05) is 20.3 Å². The molecule has 2 aromatic carbocycles. The number of benzene rings is 2. The molecule has 1 saturated heterocycles. The van der Waals surface area contributed by atoms with Gasteiger partial charge in [-0.15, -0.1) is 0 Å². The van der Waals surface area contributed by atoms with Crippen LogP contribution in [0.2, 0.25) is 0 Å². The summed E-state index contributed by atoms with van der Waals surface area (Å²) in [6.07, 6.45) is 3.99. The number of sulfonamides is 1. The quantitative estimate of drug-likeness (QED) is 0.472. The van der Waals surface area contributed by atoms with Crippen LogP contribution in [0.5, 0.6) is 11.5 Å². The highest BCUT2D eigenvalue weighted by molar-refractivity contribution is 7.89. The number of rotatable bonds is 9. The molecule has 1 fully saturated rings. The Labute approximate surface area is 192 Å². The molecule has 0 saturated carbocycles. The van der Waals surface area contributed by atoms with E-state index in [9.17, 15) is 12.8 Å². The number of hydrogen-bond acceptors (Lipinski definition) is 6. The second kappa shape index (κ2) is 10.3. The zero-order valence-corrected chi connectivity index (χ0v) is 19.0. The standard InChI is InChI=1S/C24H25FN2O5S/c1-30-24-12-18(7-8-23(24)32-21-9-11-31-17-21)15-27(16-19-4-3-10-26-14-19)33(28,29)22-6-2-5-20(25)13-22/h2-8,10,12-14,21H,9,11,15-17H2,1H3. The molecular weight excluding hydrogens is 447 g/mol. The van der Waals surface area contributed by atoms with Gasteiger partial charge in [0.1, 0.15) is 11.9 Å². The molecule has 1 aliphatic heterocycles. The Bertz CT molecular complexity index is 1180. The Morgan fingerprint density at radius 3 is 2.64 bits per heavy atom. The van der Waals surface area contributed by atoms with Crippen molar-refractivity contribution in [3.63, 3.8) is 0 Å². The van der Waals surface area contributed by atoms with Gasteiger partial charge in [-0.3, -0.25) is 4.98 Å². The maximum atomic E-state index is 13.8. The normalized spacial score (nSPS) is 16.2. The van der Waals surface area contributed by atoms with Crippen molar-refractivity contribution < 1.29 is 27.0 Å². The summed E-state index contributed by atoms with van der Waals surface area (Å²) in [7, 11) is -2.46. The molecular formula is C24H25FN2O5S. The van der Waals surface area contributed by atoms with Crippen molar-refractivity contribution in [2.45, 2.75) is 30.5 Å². The summed E-state index contributed by atoms with van der Waals surface area (Å²) in [5.41, 5.74) is 1.41. The largest absolute Gasteiger partial charge is 0.493 e. The molecule has 0 N–H and O–H groups in total. The lowest BCUT2D eigenvalue weighted by Crippen LogP contribution is -2.30. The first-order valence-electron chi connectivity index (χ1n) is 10.5. The van der Waals surface area contributed by atoms with Gasteiger partial charge in [-0.05, 0) is 47.5 Å². The van der Waals surface area contributed by atoms with E-state index in [0.29, 0.717) is 35.8 Å². The summed E-state index contributed by atoms with van der Waals surface area (Å²) in [4.78, 5) is 3.96. The third kappa shape index (κ3) is 5.68. The van der Waals surface area contributed by atoms with Gasteiger partial charge in [0, 0.05) is 31.9 Å². The van der Waals surface area contributed by atoms with Gasteiger partial charge < -0.3 is 14.2 Å². The molecule has 7 nitrogen and oxygen atoms in total. The molecule has 1 aromatic heterocycles. The molecule has 3 aromatic rings. The van der Waals surface area contributed by atoms with Crippen LogP contribution in [0.4, 0.5) is 4.39 Å². The third-order valence-corrected chi connectivity index (χ3v) is 7.07. The van der Waals surface area contributed by atoms with E-state index in [2.05, 4.69) is 4.98 Å². The Morgan fingerprint density at radius 1 is 1.09 bits per heavy atom. The van der Waals surface area contributed by atoms with E-state index >= 15 is 0 Å². The maximum Gasteiger partial charge on any atom is 0.243 e. The van der Waals surface area contributed by atoms with Crippen molar-refractivity contribution >= 4 is 10.0 Å². The van der Waals surface area contributed by atoms with Crippen molar-refractivity contribution in [2.24, 2.45) is 0 Å². The van der Waals surface area contributed by atoms with Gasteiger partial charge in [0.15, 0.2) is 11.5 Å². The zero-order valence-electron chi connectivity index (χ0n) is 18.2. The molecule has 0 radical (unpaired) electrons. The summed E-state index contributed by atoms with van der Waals surface area (Å²) < 4.78 is 58.7. The van der Waals surface area contributed by atoms with Crippen LogP contribution in [0.15, 0.2) is 71.9 Å². The molecule has 1 unspecified atom stereocenters. The summed E-state index contributed by atoms with van der Waals surface area (Å²) in [6.45, 7) is 1.31. The molecule has 33 heavy (non-hydrogen) atoms. The van der Waals surface area contributed by atoms with E-state index in [4.69, 9.17) is 14.2 Å². The molecule has 0 bridgehead atoms. The van der Waals surface area contributed by atoms with Gasteiger partial charge in [0.25, 0.3) is 0 Å². The predicted octanol–water partition coefficient (Wildman–Crippen LogP) is 3.79. The molecule has 9 heteroatoms.